The molecule has 0 unspecified atom stereocenters. The van der Waals surface area contributed by atoms with Gasteiger partial charge < -0.3 is 19.7 Å². The van der Waals surface area contributed by atoms with Gasteiger partial charge in [0, 0.05) is 17.6 Å². The Morgan fingerprint density at radius 2 is 1.69 bits per heavy atom. The summed E-state index contributed by atoms with van der Waals surface area (Å²) in [6.45, 7) is 7.52. The van der Waals surface area contributed by atoms with Gasteiger partial charge in [-0.25, -0.2) is 9.18 Å². The summed E-state index contributed by atoms with van der Waals surface area (Å²) in [5, 5.41) is 11.8. The Kier molecular flexibility index (Phi) is 5.51. The minimum atomic E-state index is -1.08. The number of aromatic carboxylic acids is 1. The molecule has 1 amide bonds. The van der Waals surface area contributed by atoms with Gasteiger partial charge in [-0.15, -0.1) is 0 Å². The molecule has 0 radical (unpaired) electrons. The lowest BCUT2D eigenvalue weighted by atomic mass is 9.78. The molecule has 3 rings (SSSR count). The largest absolute Gasteiger partial charge is 0.497 e. The van der Waals surface area contributed by atoms with E-state index in [0.717, 1.165) is 6.07 Å². The van der Waals surface area contributed by atoms with Gasteiger partial charge in [0.1, 0.15) is 5.82 Å². The van der Waals surface area contributed by atoms with E-state index in [1.165, 1.54) is 18.2 Å². The molecule has 1 aliphatic rings. The second-order valence-corrected chi connectivity index (χ2v) is 7.97. The Labute approximate surface area is 169 Å². The minimum absolute atomic E-state index is 0.0158. The summed E-state index contributed by atoms with van der Waals surface area (Å²) >= 11 is 0. The standard InChI is InChI=1S/C21H23BFNO5/c1-20(2)21(3,4)29-22(28-20)16-10-9-13(11-17(16)23)18(25)24-12-14-7-5-6-8-15(14)19(26)27/h5-11H,12H2,1-4H3,(H,24,25)(H,26,27). The van der Waals surface area contributed by atoms with Gasteiger partial charge >= 0.3 is 13.1 Å². The van der Waals surface area contributed by atoms with Crippen LogP contribution in [0.1, 0.15) is 54.0 Å². The van der Waals surface area contributed by atoms with Crippen molar-refractivity contribution in [3.8, 4) is 0 Å². The van der Waals surface area contributed by atoms with Gasteiger partial charge in [0.15, 0.2) is 0 Å². The molecule has 2 aromatic carbocycles. The minimum Gasteiger partial charge on any atom is -0.478 e. The molecule has 8 heteroatoms. The number of hydrogen-bond acceptors (Lipinski definition) is 4. The van der Waals surface area contributed by atoms with Gasteiger partial charge in [-0.1, -0.05) is 24.3 Å². The molecule has 1 heterocycles. The molecule has 0 spiro atoms. The Morgan fingerprint density at radius 3 is 2.28 bits per heavy atom. The van der Waals surface area contributed by atoms with Crippen LogP contribution < -0.4 is 10.8 Å². The number of halogens is 1. The predicted molar refractivity (Wildman–Crippen MR) is 107 cm³/mol. The summed E-state index contributed by atoms with van der Waals surface area (Å²) < 4.78 is 26.4. The number of benzene rings is 2. The number of carboxylic acids is 1. The highest BCUT2D eigenvalue weighted by Gasteiger charge is 2.52. The van der Waals surface area contributed by atoms with Gasteiger partial charge in [0.2, 0.25) is 0 Å². The Bertz CT molecular complexity index is 944. The monoisotopic (exact) mass is 399 g/mol. The fourth-order valence-electron chi connectivity index (χ4n) is 2.99. The molecular weight excluding hydrogens is 376 g/mol. The van der Waals surface area contributed by atoms with Crippen molar-refractivity contribution in [1.82, 2.24) is 5.32 Å². The average Bonchev–Trinajstić information content (AvgIpc) is 2.86. The molecule has 1 fully saturated rings. The second-order valence-electron chi connectivity index (χ2n) is 7.97. The van der Waals surface area contributed by atoms with Crippen LogP contribution in [0.4, 0.5) is 4.39 Å². The third-order valence-corrected chi connectivity index (χ3v) is 5.46. The Balaban J connectivity index is 1.72. The van der Waals surface area contributed by atoms with Crippen molar-refractivity contribution in [3.63, 3.8) is 0 Å². The number of amides is 1. The number of carbonyl (C=O) groups excluding carboxylic acids is 1. The summed E-state index contributed by atoms with van der Waals surface area (Å²) in [6.07, 6.45) is 0. The van der Waals surface area contributed by atoms with Crippen LogP contribution in [-0.4, -0.2) is 35.3 Å². The molecule has 6 nitrogen and oxygen atoms in total. The van der Waals surface area contributed by atoms with E-state index in [1.807, 2.05) is 27.7 Å². The molecule has 2 aromatic rings. The van der Waals surface area contributed by atoms with Gasteiger partial charge in [0.05, 0.1) is 16.8 Å². The highest BCUT2D eigenvalue weighted by molar-refractivity contribution is 6.62. The third kappa shape index (κ3) is 4.18. The van der Waals surface area contributed by atoms with E-state index in [1.54, 1.807) is 18.2 Å². The van der Waals surface area contributed by atoms with Crippen LogP contribution in [0.25, 0.3) is 0 Å². The molecule has 0 saturated carbocycles. The first kappa shape index (κ1) is 21.0. The summed E-state index contributed by atoms with van der Waals surface area (Å²) in [7, 11) is -0.862. The lowest BCUT2D eigenvalue weighted by Crippen LogP contribution is -2.41. The number of rotatable bonds is 5. The molecule has 0 aliphatic carbocycles. The van der Waals surface area contributed by atoms with Crippen LogP contribution in [0.5, 0.6) is 0 Å². The maximum absolute atomic E-state index is 14.7. The molecular formula is C21H23BFNO5. The first-order chi connectivity index (χ1) is 13.5. The summed E-state index contributed by atoms with van der Waals surface area (Å²) in [4.78, 5) is 23.7. The van der Waals surface area contributed by atoms with Crippen molar-refractivity contribution in [3.05, 3.63) is 65.0 Å². The number of hydrogen-bond donors (Lipinski definition) is 2. The predicted octanol–water partition coefficient (Wildman–Crippen LogP) is 2.75. The summed E-state index contributed by atoms with van der Waals surface area (Å²) in [5.74, 6) is -2.20. The van der Waals surface area contributed by atoms with Crippen LogP contribution in [0, 0.1) is 5.82 Å². The highest BCUT2D eigenvalue weighted by atomic mass is 19.1. The maximum atomic E-state index is 14.7. The normalized spacial score (nSPS) is 17.2. The van der Waals surface area contributed by atoms with Crippen LogP contribution >= 0.6 is 0 Å². The number of carboxylic acid groups (broad SMARTS) is 1. The molecule has 29 heavy (non-hydrogen) atoms. The molecule has 152 valence electrons. The van der Waals surface area contributed by atoms with Crippen LogP contribution in [-0.2, 0) is 15.9 Å². The van der Waals surface area contributed by atoms with E-state index in [2.05, 4.69) is 5.32 Å². The second kappa shape index (κ2) is 7.61. The fraction of sp³-hybridized carbons (Fsp3) is 0.333. The molecule has 2 N–H and O–H groups in total. The van der Waals surface area contributed by atoms with Crippen molar-refractivity contribution >= 4 is 24.5 Å². The van der Waals surface area contributed by atoms with Crippen LogP contribution in [0.2, 0.25) is 0 Å². The Hall–Kier alpha value is -2.71. The lowest BCUT2D eigenvalue weighted by Gasteiger charge is -2.32. The van der Waals surface area contributed by atoms with Crippen molar-refractivity contribution in [2.45, 2.75) is 45.4 Å². The zero-order chi connectivity index (χ0) is 21.4. The van der Waals surface area contributed by atoms with Crippen LogP contribution in [0.3, 0.4) is 0 Å². The van der Waals surface area contributed by atoms with Gasteiger partial charge in [-0.05, 0) is 51.5 Å². The third-order valence-electron chi connectivity index (χ3n) is 5.46. The zero-order valence-corrected chi connectivity index (χ0v) is 16.8. The molecule has 0 atom stereocenters. The number of carbonyl (C=O) groups is 2. The molecule has 1 saturated heterocycles. The summed E-state index contributed by atoms with van der Waals surface area (Å²) in [6, 6.07) is 10.5. The van der Waals surface area contributed by atoms with Crippen molar-refractivity contribution in [1.29, 1.82) is 0 Å². The molecule has 0 bridgehead atoms. The average molecular weight is 399 g/mol. The number of nitrogens with one attached hydrogen (secondary N) is 1. The van der Waals surface area contributed by atoms with Gasteiger partial charge in [-0.3, -0.25) is 4.79 Å². The zero-order valence-electron chi connectivity index (χ0n) is 16.8. The maximum Gasteiger partial charge on any atom is 0.497 e. The van der Waals surface area contributed by atoms with E-state index in [4.69, 9.17) is 9.31 Å². The summed E-state index contributed by atoms with van der Waals surface area (Å²) in [5.41, 5.74) is -0.292. The van der Waals surface area contributed by atoms with E-state index in [9.17, 15) is 19.1 Å². The van der Waals surface area contributed by atoms with Crippen molar-refractivity contribution in [2.75, 3.05) is 0 Å². The quantitative estimate of drug-likeness (QED) is 0.756. The molecule has 0 aromatic heterocycles. The SMILES string of the molecule is CC1(C)OB(c2ccc(C(=O)NCc3ccccc3C(=O)O)cc2F)OC1(C)C. The van der Waals surface area contributed by atoms with Gasteiger partial charge in [0.25, 0.3) is 5.91 Å². The van der Waals surface area contributed by atoms with E-state index >= 15 is 0 Å². The van der Waals surface area contributed by atoms with E-state index in [-0.39, 0.29) is 23.1 Å². The first-order valence-corrected chi connectivity index (χ1v) is 9.26. The lowest BCUT2D eigenvalue weighted by molar-refractivity contribution is 0.00578. The topological polar surface area (TPSA) is 84.9 Å². The van der Waals surface area contributed by atoms with Crippen molar-refractivity contribution in [2.24, 2.45) is 0 Å². The van der Waals surface area contributed by atoms with Gasteiger partial charge in [-0.2, -0.15) is 0 Å². The van der Waals surface area contributed by atoms with E-state index < -0.39 is 36.0 Å². The first-order valence-electron chi connectivity index (χ1n) is 9.26. The fourth-order valence-corrected chi connectivity index (χ4v) is 2.99. The molecule has 1 aliphatic heterocycles. The van der Waals surface area contributed by atoms with E-state index in [0.29, 0.717) is 5.56 Å². The van der Waals surface area contributed by atoms with Crippen molar-refractivity contribution < 1.29 is 28.4 Å². The Morgan fingerprint density at radius 1 is 1.07 bits per heavy atom. The smallest absolute Gasteiger partial charge is 0.478 e. The van der Waals surface area contributed by atoms with Crippen LogP contribution in [0.15, 0.2) is 42.5 Å². The highest BCUT2D eigenvalue weighted by Crippen LogP contribution is 2.36.